The number of hydrogen-bond donors (Lipinski definition) is 1. The highest BCUT2D eigenvalue weighted by atomic mass is 35.5. The molecule has 0 spiro atoms. The number of nitrogens with one attached hydrogen (secondary N) is 1. The highest BCUT2D eigenvalue weighted by molar-refractivity contribution is 7.98. The smallest absolute Gasteiger partial charge is 0.130 e. The molecule has 0 amide bonds. The molecule has 1 unspecified atom stereocenters. The molecule has 1 rings (SSSR count). The van der Waals surface area contributed by atoms with E-state index in [1.165, 1.54) is 0 Å². The van der Waals surface area contributed by atoms with Crippen molar-refractivity contribution in [1.82, 2.24) is 9.97 Å². The van der Waals surface area contributed by atoms with E-state index >= 15 is 0 Å². The molecule has 1 aromatic heterocycles. The number of halogens is 1. The van der Waals surface area contributed by atoms with Crippen LogP contribution >= 0.6 is 23.4 Å². The molecule has 1 N–H and O–H groups in total. The molecule has 0 saturated heterocycles. The Balaban J connectivity index is 2.60. The second-order valence-corrected chi connectivity index (χ2v) is 4.42. The monoisotopic (exact) mass is 261 g/mol. The largest absolute Gasteiger partial charge is 0.383 e. The topological polar surface area (TPSA) is 47.0 Å². The van der Waals surface area contributed by atoms with Crippen molar-refractivity contribution in [2.24, 2.45) is 0 Å². The summed E-state index contributed by atoms with van der Waals surface area (Å²) in [5.74, 6) is 1.41. The van der Waals surface area contributed by atoms with Crippen molar-refractivity contribution in [3.05, 3.63) is 12.4 Å². The average Bonchev–Trinajstić information content (AvgIpc) is 2.30. The Morgan fingerprint density at radius 2 is 2.38 bits per heavy atom. The van der Waals surface area contributed by atoms with E-state index in [1.807, 2.05) is 12.3 Å². The number of nitrogens with zero attached hydrogens (tertiary/aromatic N) is 2. The average molecular weight is 262 g/mol. The van der Waals surface area contributed by atoms with E-state index in [0.29, 0.717) is 12.5 Å². The molecule has 0 bridgehead atoms. The molecule has 0 aliphatic carbocycles. The zero-order chi connectivity index (χ0) is 11.8. The van der Waals surface area contributed by atoms with Crippen LogP contribution in [-0.2, 0) is 4.74 Å². The molecule has 1 heterocycles. The number of ether oxygens (including phenoxy) is 1. The number of anilines is 1. The van der Waals surface area contributed by atoms with Gasteiger partial charge in [0.1, 0.15) is 17.2 Å². The first-order valence-electron chi connectivity index (χ1n) is 4.97. The van der Waals surface area contributed by atoms with Gasteiger partial charge < -0.3 is 10.1 Å². The van der Waals surface area contributed by atoms with E-state index in [0.717, 1.165) is 17.3 Å². The quantitative estimate of drug-likeness (QED) is 0.463. The van der Waals surface area contributed by atoms with Gasteiger partial charge >= 0.3 is 0 Å². The summed E-state index contributed by atoms with van der Waals surface area (Å²) in [5, 5.41) is 4.23. The van der Waals surface area contributed by atoms with Crippen molar-refractivity contribution in [2.45, 2.75) is 17.5 Å². The Labute approximate surface area is 105 Å². The first-order valence-corrected chi connectivity index (χ1v) is 6.73. The summed E-state index contributed by atoms with van der Waals surface area (Å²) in [5.41, 5.74) is 0. The summed E-state index contributed by atoms with van der Waals surface area (Å²) >= 11 is 7.31. The van der Waals surface area contributed by atoms with Crippen LogP contribution in [0.3, 0.4) is 0 Å². The minimum absolute atomic E-state index is 0.187. The molecule has 0 aliphatic rings. The maximum Gasteiger partial charge on any atom is 0.130 e. The fraction of sp³-hybridized carbons (Fsp3) is 0.600. The third-order valence-corrected chi connectivity index (χ3v) is 2.89. The zero-order valence-electron chi connectivity index (χ0n) is 9.44. The minimum atomic E-state index is 0.187. The van der Waals surface area contributed by atoms with Gasteiger partial charge in [0.25, 0.3) is 0 Å². The predicted octanol–water partition coefficient (Wildman–Crippen LogP) is 2.25. The van der Waals surface area contributed by atoms with Crippen LogP contribution in [0.15, 0.2) is 17.4 Å². The van der Waals surface area contributed by atoms with Gasteiger partial charge in [-0.05, 0) is 12.7 Å². The Morgan fingerprint density at radius 1 is 1.56 bits per heavy atom. The maximum atomic E-state index is 5.72. The van der Waals surface area contributed by atoms with Gasteiger partial charge in [0, 0.05) is 19.1 Å². The molecule has 1 aromatic rings. The van der Waals surface area contributed by atoms with E-state index in [-0.39, 0.29) is 6.04 Å². The third-order valence-electron chi connectivity index (χ3n) is 2.03. The molecular formula is C10H16ClN3OS. The van der Waals surface area contributed by atoms with Gasteiger partial charge in [0.15, 0.2) is 0 Å². The van der Waals surface area contributed by atoms with Gasteiger partial charge in [0.2, 0.25) is 0 Å². The number of aromatic nitrogens is 2. The van der Waals surface area contributed by atoms with Crippen molar-refractivity contribution in [3.63, 3.8) is 0 Å². The van der Waals surface area contributed by atoms with E-state index in [4.69, 9.17) is 16.3 Å². The highest BCUT2D eigenvalue weighted by Crippen LogP contribution is 2.15. The Bertz CT molecular complexity index is 308. The van der Waals surface area contributed by atoms with E-state index in [1.54, 1.807) is 25.2 Å². The molecular weight excluding hydrogens is 246 g/mol. The molecule has 0 aliphatic heterocycles. The summed E-state index contributed by atoms with van der Waals surface area (Å²) in [6.45, 7) is 0.616. The van der Waals surface area contributed by atoms with E-state index in [2.05, 4.69) is 15.3 Å². The van der Waals surface area contributed by atoms with Crippen LogP contribution in [0.25, 0.3) is 0 Å². The Morgan fingerprint density at radius 3 is 3.00 bits per heavy atom. The Kier molecular flexibility index (Phi) is 6.52. The Hall–Kier alpha value is -0.520. The lowest BCUT2D eigenvalue weighted by Crippen LogP contribution is -2.26. The fourth-order valence-corrected chi connectivity index (χ4v) is 1.91. The predicted molar refractivity (Wildman–Crippen MR) is 68.4 cm³/mol. The number of methoxy groups -OCH3 is 1. The maximum absolute atomic E-state index is 5.72. The number of rotatable bonds is 7. The van der Waals surface area contributed by atoms with Crippen LogP contribution in [-0.4, -0.2) is 41.9 Å². The molecule has 6 heteroatoms. The van der Waals surface area contributed by atoms with Crippen molar-refractivity contribution in [2.75, 3.05) is 31.2 Å². The number of thioether (sulfide) groups is 1. The zero-order valence-corrected chi connectivity index (χ0v) is 11.0. The molecule has 0 saturated carbocycles. The summed E-state index contributed by atoms with van der Waals surface area (Å²) in [6, 6.07) is 2.11. The molecule has 90 valence electrons. The molecule has 0 radical (unpaired) electrons. The lowest BCUT2D eigenvalue weighted by Gasteiger charge is -2.17. The van der Waals surface area contributed by atoms with Crippen LogP contribution < -0.4 is 5.32 Å². The highest BCUT2D eigenvalue weighted by Gasteiger charge is 2.08. The first kappa shape index (κ1) is 13.5. The molecule has 16 heavy (non-hydrogen) atoms. The van der Waals surface area contributed by atoms with Gasteiger partial charge in [-0.1, -0.05) is 0 Å². The fourth-order valence-electron chi connectivity index (χ4n) is 1.27. The normalized spacial score (nSPS) is 12.4. The lowest BCUT2D eigenvalue weighted by molar-refractivity contribution is 0.184. The molecule has 4 nitrogen and oxygen atoms in total. The van der Waals surface area contributed by atoms with Gasteiger partial charge in [-0.25, -0.2) is 9.97 Å². The summed E-state index contributed by atoms with van der Waals surface area (Å²) in [4.78, 5) is 8.27. The first-order chi connectivity index (χ1) is 7.80. The van der Waals surface area contributed by atoms with Crippen LogP contribution in [0.1, 0.15) is 6.42 Å². The van der Waals surface area contributed by atoms with Gasteiger partial charge in [0.05, 0.1) is 12.6 Å². The SMILES string of the molecule is COCC(CCCl)Nc1cc(SC)ncn1. The molecule has 1 atom stereocenters. The molecule has 0 aromatic carbocycles. The van der Waals surface area contributed by atoms with E-state index in [9.17, 15) is 0 Å². The minimum Gasteiger partial charge on any atom is -0.383 e. The van der Waals surface area contributed by atoms with Crippen LogP contribution in [0.4, 0.5) is 5.82 Å². The summed E-state index contributed by atoms with van der Waals surface area (Å²) in [7, 11) is 1.68. The van der Waals surface area contributed by atoms with Crippen molar-refractivity contribution in [1.29, 1.82) is 0 Å². The van der Waals surface area contributed by atoms with Gasteiger partial charge in [-0.3, -0.25) is 0 Å². The second kappa shape index (κ2) is 7.70. The van der Waals surface area contributed by atoms with Crippen molar-refractivity contribution < 1.29 is 4.74 Å². The van der Waals surface area contributed by atoms with Crippen molar-refractivity contribution >= 4 is 29.2 Å². The van der Waals surface area contributed by atoms with Crippen molar-refractivity contribution in [3.8, 4) is 0 Å². The lowest BCUT2D eigenvalue weighted by atomic mass is 10.2. The van der Waals surface area contributed by atoms with Gasteiger partial charge in [-0.2, -0.15) is 0 Å². The third kappa shape index (κ3) is 4.55. The second-order valence-electron chi connectivity index (χ2n) is 3.22. The number of hydrogen-bond acceptors (Lipinski definition) is 5. The standard InChI is InChI=1S/C10H16ClN3OS/c1-15-6-8(3-4-11)14-9-5-10(16-2)13-7-12-9/h5,7-8H,3-4,6H2,1-2H3,(H,12,13,14). The van der Waals surface area contributed by atoms with E-state index < -0.39 is 0 Å². The van der Waals surface area contributed by atoms with Crippen LogP contribution in [0.5, 0.6) is 0 Å². The summed E-state index contributed by atoms with van der Waals surface area (Å²) < 4.78 is 5.12. The van der Waals surface area contributed by atoms with Crippen LogP contribution in [0.2, 0.25) is 0 Å². The summed E-state index contributed by atoms with van der Waals surface area (Å²) in [6.07, 6.45) is 4.38. The van der Waals surface area contributed by atoms with Crippen LogP contribution in [0, 0.1) is 0 Å². The van der Waals surface area contributed by atoms with Gasteiger partial charge in [-0.15, -0.1) is 23.4 Å². The number of alkyl halides is 1. The molecule has 0 fully saturated rings.